The Balaban J connectivity index is 2.06. The molecule has 1 aliphatic rings. The van der Waals surface area contributed by atoms with Gasteiger partial charge in [-0.1, -0.05) is 38.3 Å². The molecule has 1 aliphatic heterocycles. The van der Waals surface area contributed by atoms with Gasteiger partial charge in [-0.25, -0.2) is 13.1 Å². The average molecular weight is 296 g/mol. The van der Waals surface area contributed by atoms with Gasteiger partial charge in [0.1, 0.15) is 0 Å². The number of nitrogens with one attached hydrogen (secondary N) is 2. The van der Waals surface area contributed by atoms with Crippen LogP contribution in [0, 0.1) is 0 Å². The Labute approximate surface area is 122 Å². The minimum atomic E-state index is -3.37. The number of benzene rings is 1. The molecule has 0 saturated carbocycles. The van der Waals surface area contributed by atoms with E-state index >= 15 is 0 Å². The molecule has 0 aromatic heterocycles. The third-order valence-electron chi connectivity index (χ3n) is 3.71. The van der Waals surface area contributed by atoms with Crippen molar-refractivity contribution in [2.45, 2.75) is 50.5 Å². The summed E-state index contributed by atoms with van der Waals surface area (Å²) < 4.78 is 27.5. The van der Waals surface area contributed by atoms with Crippen molar-refractivity contribution in [3.05, 3.63) is 29.3 Å². The first-order valence-electron chi connectivity index (χ1n) is 7.46. The van der Waals surface area contributed by atoms with Gasteiger partial charge in [0.05, 0.1) is 4.90 Å². The summed E-state index contributed by atoms with van der Waals surface area (Å²) in [6, 6.07) is 5.55. The fourth-order valence-corrected chi connectivity index (χ4v) is 3.97. The van der Waals surface area contributed by atoms with E-state index in [1.165, 1.54) is 0 Å². The molecule has 0 atom stereocenters. The highest BCUT2D eigenvalue weighted by Gasteiger charge is 2.21. The molecule has 0 unspecified atom stereocenters. The third-order valence-corrected chi connectivity index (χ3v) is 5.25. The van der Waals surface area contributed by atoms with Gasteiger partial charge in [0.15, 0.2) is 0 Å². The van der Waals surface area contributed by atoms with Gasteiger partial charge in [0.2, 0.25) is 10.0 Å². The van der Waals surface area contributed by atoms with E-state index in [4.69, 9.17) is 0 Å². The number of sulfonamides is 1. The summed E-state index contributed by atoms with van der Waals surface area (Å²) in [6.07, 6.45) is 5.09. The van der Waals surface area contributed by atoms with E-state index in [0.29, 0.717) is 11.4 Å². The quantitative estimate of drug-likeness (QED) is 0.758. The molecular formula is C15H24N2O2S. The SMILES string of the molecule is CCCCCCNS(=O)(=O)c1cccc2c1CCNC2. The summed E-state index contributed by atoms with van der Waals surface area (Å²) in [5.41, 5.74) is 2.08. The lowest BCUT2D eigenvalue weighted by molar-refractivity contribution is 0.569. The largest absolute Gasteiger partial charge is 0.312 e. The minimum absolute atomic E-state index is 0.465. The van der Waals surface area contributed by atoms with Crippen molar-refractivity contribution in [2.24, 2.45) is 0 Å². The molecular weight excluding hydrogens is 272 g/mol. The van der Waals surface area contributed by atoms with Crippen LogP contribution in [0.2, 0.25) is 0 Å². The summed E-state index contributed by atoms with van der Waals surface area (Å²) >= 11 is 0. The molecule has 0 radical (unpaired) electrons. The molecule has 1 aromatic rings. The van der Waals surface area contributed by atoms with Crippen LogP contribution in [-0.2, 0) is 23.0 Å². The Morgan fingerprint density at radius 1 is 1.25 bits per heavy atom. The Morgan fingerprint density at radius 3 is 2.90 bits per heavy atom. The highest BCUT2D eigenvalue weighted by Crippen LogP contribution is 2.22. The van der Waals surface area contributed by atoms with Gasteiger partial charge in [0.25, 0.3) is 0 Å². The van der Waals surface area contributed by atoms with Crippen LogP contribution in [0.3, 0.4) is 0 Å². The molecule has 4 nitrogen and oxygen atoms in total. The fourth-order valence-electron chi connectivity index (χ4n) is 2.58. The summed E-state index contributed by atoms with van der Waals surface area (Å²) in [7, 11) is -3.37. The highest BCUT2D eigenvalue weighted by molar-refractivity contribution is 7.89. The molecule has 1 aromatic carbocycles. The van der Waals surface area contributed by atoms with Crippen LogP contribution >= 0.6 is 0 Å². The standard InChI is InChI=1S/C15H24N2O2S/c1-2-3-4-5-10-17-20(18,19)15-8-6-7-13-12-16-11-9-14(13)15/h6-8,16-17H,2-5,9-12H2,1H3. The van der Waals surface area contributed by atoms with E-state index in [1.54, 1.807) is 6.07 Å². The van der Waals surface area contributed by atoms with Crippen LogP contribution in [0.15, 0.2) is 23.1 Å². The molecule has 0 fully saturated rings. The van der Waals surface area contributed by atoms with Crippen LogP contribution in [0.4, 0.5) is 0 Å². The normalized spacial score (nSPS) is 15.1. The molecule has 0 saturated heterocycles. The first-order valence-corrected chi connectivity index (χ1v) is 8.94. The molecule has 0 amide bonds. The highest BCUT2D eigenvalue weighted by atomic mass is 32.2. The van der Waals surface area contributed by atoms with Crippen molar-refractivity contribution in [1.29, 1.82) is 0 Å². The monoisotopic (exact) mass is 296 g/mol. The van der Waals surface area contributed by atoms with E-state index in [9.17, 15) is 8.42 Å². The molecule has 0 bridgehead atoms. The third kappa shape index (κ3) is 3.81. The van der Waals surface area contributed by atoms with Gasteiger partial charge in [-0.3, -0.25) is 0 Å². The molecule has 2 N–H and O–H groups in total. The van der Waals surface area contributed by atoms with Crippen molar-refractivity contribution < 1.29 is 8.42 Å². The van der Waals surface area contributed by atoms with E-state index in [-0.39, 0.29) is 0 Å². The summed E-state index contributed by atoms with van der Waals surface area (Å²) in [4.78, 5) is 0.465. The molecule has 2 rings (SSSR count). The second-order valence-electron chi connectivity index (χ2n) is 5.28. The molecule has 0 aliphatic carbocycles. The molecule has 5 heteroatoms. The van der Waals surface area contributed by atoms with Gasteiger partial charge >= 0.3 is 0 Å². The van der Waals surface area contributed by atoms with Gasteiger partial charge in [-0.2, -0.15) is 0 Å². The molecule has 20 heavy (non-hydrogen) atoms. The van der Waals surface area contributed by atoms with Crippen LogP contribution in [0.5, 0.6) is 0 Å². The predicted molar refractivity (Wildman–Crippen MR) is 81.2 cm³/mol. The first-order chi connectivity index (χ1) is 9.65. The molecule has 0 spiro atoms. The summed E-state index contributed by atoms with van der Waals surface area (Å²) in [5, 5.41) is 3.27. The number of hydrogen-bond donors (Lipinski definition) is 2. The van der Waals surface area contributed by atoms with Crippen LogP contribution in [0.1, 0.15) is 43.7 Å². The Morgan fingerprint density at radius 2 is 2.10 bits per heavy atom. The predicted octanol–water partition coefficient (Wildman–Crippen LogP) is 2.19. The Bertz CT molecular complexity index is 541. The maximum Gasteiger partial charge on any atom is 0.240 e. The van der Waals surface area contributed by atoms with E-state index in [1.807, 2.05) is 12.1 Å². The van der Waals surface area contributed by atoms with Gasteiger partial charge in [-0.15, -0.1) is 0 Å². The zero-order valence-corrected chi connectivity index (χ0v) is 12.9. The van der Waals surface area contributed by atoms with Crippen molar-refractivity contribution in [3.8, 4) is 0 Å². The lowest BCUT2D eigenvalue weighted by Crippen LogP contribution is -2.29. The number of hydrogen-bond acceptors (Lipinski definition) is 3. The van der Waals surface area contributed by atoms with Gasteiger partial charge < -0.3 is 5.32 Å². The second kappa shape index (κ2) is 7.20. The van der Waals surface area contributed by atoms with Crippen LogP contribution in [-0.4, -0.2) is 21.5 Å². The maximum atomic E-state index is 12.4. The van der Waals surface area contributed by atoms with Gasteiger partial charge in [-0.05, 0) is 36.6 Å². The van der Waals surface area contributed by atoms with E-state index < -0.39 is 10.0 Å². The zero-order valence-electron chi connectivity index (χ0n) is 12.1. The van der Waals surface area contributed by atoms with Crippen LogP contribution in [0.25, 0.3) is 0 Å². The Hall–Kier alpha value is -0.910. The average Bonchev–Trinajstić information content (AvgIpc) is 2.46. The van der Waals surface area contributed by atoms with Crippen molar-refractivity contribution >= 4 is 10.0 Å². The Kier molecular flexibility index (Phi) is 5.57. The van der Waals surface area contributed by atoms with E-state index in [0.717, 1.165) is 56.3 Å². The van der Waals surface area contributed by atoms with Gasteiger partial charge in [0, 0.05) is 13.1 Å². The van der Waals surface area contributed by atoms with Crippen molar-refractivity contribution in [2.75, 3.05) is 13.1 Å². The lowest BCUT2D eigenvalue weighted by Gasteiger charge is -2.20. The molecule has 1 heterocycles. The molecule has 112 valence electrons. The second-order valence-corrected chi connectivity index (χ2v) is 7.01. The summed E-state index contributed by atoms with van der Waals surface area (Å²) in [6.45, 7) is 4.28. The first kappa shape index (κ1) is 15.5. The van der Waals surface area contributed by atoms with Crippen molar-refractivity contribution in [1.82, 2.24) is 10.0 Å². The summed E-state index contributed by atoms with van der Waals surface area (Å²) in [5.74, 6) is 0. The van der Waals surface area contributed by atoms with E-state index in [2.05, 4.69) is 17.0 Å². The number of rotatable bonds is 7. The van der Waals surface area contributed by atoms with Crippen LogP contribution < -0.4 is 10.0 Å². The number of fused-ring (bicyclic) bond motifs is 1. The zero-order chi connectivity index (χ0) is 14.4. The minimum Gasteiger partial charge on any atom is -0.312 e. The van der Waals surface area contributed by atoms with Crippen molar-refractivity contribution in [3.63, 3.8) is 0 Å². The number of unbranched alkanes of at least 4 members (excludes halogenated alkanes) is 3. The maximum absolute atomic E-state index is 12.4. The topological polar surface area (TPSA) is 58.2 Å². The fraction of sp³-hybridized carbons (Fsp3) is 0.600. The smallest absolute Gasteiger partial charge is 0.240 e. The lowest BCUT2D eigenvalue weighted by atomic mass is 10.0.